The van der Waals surface area contributed by atoms with Gasteiger partial charge in [-0.05, 0) is 30.2 Å². The molecule has 0 heterocycles. The van der Waals surface area contributed by atoms with E-state index in [9.17, 15) is 18.0 Å². The highest BCUT2D eigenvalue weighted by molar-refractivity contribution is 7.89. The van der Waals surface area contributed by atoms with Gasteiger partial charge in [-0.15, -0.1) is 0 Å². The molecular weight excluding hydrogens is 442 g/mol. The number of nitrogens with one attached hydrogen (secondary N) is 2. The SMILES string of the molecule is CCN(CC)S(=O)(=O)c1cccc(C(=O)N[C@H](C(=O)NCc2ccccc2OC)C(C)C)c1. The molecule has 8 nitrogen and oxygen atoms in total. The number of amides is 2. The summed E-state index contributed by atoms with van der Waals surface area (Å²) < 4.78 is 32.2. The van der Waals surface area contributed by atoms with Crippen molar-refractivity contribution >= 4 is 21.8 Å². The number of carbonyl (C=O) groups is 2. The fourth-order valence-electron chi connectivity index (χ4n) is 3.41. The molecule has 9 heteroatoms. The van der Waals surface area contributed by atoms with Gasteiger partial charge in [-0.2, -0.15) is 4.31 Å². The summed E-state index contributed by atoms with van der Waals surface area (Å²) in [5.74, 6) is -0.378. The second-order valence-electron chi connectivity index (χ2n) is 7.84. The van der Waals surface area contributed by atoms with Crippen molar-refractivity contribution in [1.82, 2.24) is 14.9 Å². The molecule has 0 spiro atoms. The van der Waals surface area contributed by atoms with Crippen LogP contribution in [0.25, 0.3) is 0 Å². The Kier molecular flexibility index (Phi) is 9.43. The predicted molar refractivity (Wildman–Crippen MR) is 127 cm³/mol. The third-order valence-electron chi connectivity index (χ3n) is 5.32. The van der Waals surface area contributed by atoms with E-state index in [1.165, 1.54) is 28.6 Å². The van der Waals surface area contributed by atoms with Gasteiger partial charge in [-0.1, -0.05) is 52.0 Å². The third-order valence-corrected chi connectivity index (χ3v) is 7.37. The lowest BCUT2D eigenvalue weighted by atomic mass is 10.0. The molecule has 0 fully saturated rings. The molecule has 2 amide bonds. The van der Waals surface area contributed by atoms with E-state index in [4.69, 9.17) is 4.74 Å². The number of sulfonamides is 1. The van der Waals surface area contributed by atoms with Gasteiger partial charge in [0.2, 0.25) is 15.9 Å². The number of hydrogen-bond acceptors (Lipinski definition) is 5. The number of benzene rings is 2. The van der Waals surface area contributed by atoms with E-state index >= 15 is 0 Å². The quantitative estimate of drug-likeness (QED) is 0.520. The second-order valence-corrected chi connectivity index (χ2v) is 9.78. The maximum atomic E-state index is 12.9. The Hall–Kier alpha value is -2.91. The minimum absolute atomic E-state index is 0.0422. The Morgan fingerprint density at radius 1 is 1.03 bits per heavy atom. The molecule has 2 aromatic rings. The van der Waals surface area contributed by atoms with Gasteiger partial charge < -0.3 is 15.4 Å². The number of nitrogens with zero attached hydrogens (tertiary/aromatic N) is 1. The molecule has 0 unspecified atom stereocenters. The molecule has 180 valence electrons. The lowest BCUT2D eigenvalue weighted by molar-refractivity contribution is -0.124. The molecule has 2 rings (SSSR count). The standard InChI is InChI=1S/C24H33N3O5S/c1-6-27(7-2)33(30,31)20-13-10-12-18(15-20)23(28)26-22(17(3)4)24(29)25-16-19-11-8-9-14-21(19)32-5/h8-15,17,22H,6-7,16H2,1-5H3,(H,25,29)(H,26,28)/t22-/m0/s1. The highest BCUT2D eigenvalue weighted by Crippen LogP contribution is 2.18. The van der Waals surface area contributed by atoms with Crippen LogP contribution in [0.3, 0.4) is 0 Å². The fraction of sp³-hybridized carbons (Fsp3) is 0.417. The first-order valence-electron chi connectivity index (χ1n) is 11.0. The molecule has 0 aromatic heterocycles. The van der Waals surface area contributed by atoms with Crippen LogP contribution < -0.4 is 15.4 Å². The van der Waals surface area contributed by atoms with E-state index in [2.05, 4.69) is 10.6 Å². The number of hydrogen-bond donors (Lipinski definition) is 2. The zero-order valence-electron chi connectivity index (χ0n) is 19.8. The minimum atomic E-state index is -3.70. The van der Waals surface area contributed by atoms with Crippen molar-refractivity contribution in [3.05, 3.63) is 59.7 Å². The Bertz CT molecular complexity index is 1070. The maximum absolute atomic E-state index is 12.9. The molecule has 2 N–H and O–H groups in total. The minimum Gasteiger partial charge on any atom is -0.496 e. The van der Waals surface area contributed by atoms with E-state index in [1.54, 1.807) is 21.0 Å². The highest BCUT2D eigenvalue weighted by Gasteiger charge is 2.26. The van der Waals surface area contributed by atoms with Crippen molar-refractivity contribution in [1.29, 1.82) is 0 Å². The van der Waals surface area contributed by atoms with Crippen molar-refractivity contribution in [2.45, 2.75) is 45.2 Å². The molecule has 0 bridgehead atoms. The first kappa shape index (κ1) is 26.3. The van der Waals surface area contributed by atoms with E-state index in [1.807, 2.05) is 38.1 Å². The number of ether oxygens (including phenoxy) is 1. The van der Waals surface area contributed by atoms with E-state index in [-0.39, 0.29) is 28.8 Å². The van der Waals surface area contributed by atoms with E-state index < -0.39 is 22.0 Å². The first-order chi connectivity index (χ1) is 15.6. The van der Waals surface area contributed by atoms with Crippen molar-refractivity contribution in [3.8, 4) is 5.75 Å². The van der Waals surface area contributed by atoms with Crippen LogP contribution >= 0.6 is 0 Å². The molecule has 33 heavy (non-hydrogen) atoms. The predicted octanol–water partition coefficient (Wildman–Crippen LogP) is 2.80. The van der Waals surface area contributed by atoms with E-state index in [0.717, 1.165) is 5.56 Å². The van der Waals surface area contributed by atoms with Crippen LogP contribution in [0.15, 0.2) is 53.4 Å². The zero-order chi connectivity index (χ0) is 24.6. The van der Waals surface area contributed by atoms with Crippen molar-refractivity contribution < 1.29 is 22.7 Å². The molecule has 0 saturated heterocycles. The summed E-state index contributed by atoms with van der Waals surface area (Å²) in [6, 6.07) is 12.4. The third kappa shape index (κ3) is 6.55. The number of para-hydroxylation sites is 1. The summed E-state index contributed by atoms with van der Waals surface area (Å²) in [4.78, 5) is 25.8. The highest BCUT2D eigenvalue weighted by atomic mass is 32.2. The Labute approximate surface area is 196 Å². The lowest BCUT2D eigenvalue weighted by Crippen LogP contribution is -2.49. The van der Waals surface area contributed by atoms with Crippen molar-refractivity contribution in [2.24, 2.45) is 5.92 Å². The lowest BCUT2D eigenvalue weighted by Gasteiger charge is -2.22. The van der Waals surface area contributed by atoms with Gasteiger partial charge in [0, 0.05) is 30.8 Å². The molecule has 0 aliphatic heterocycles. The summed E-state index contributed by atoms with van der Waals surface area (Å²) in [5, 5.41) is 5.58. The van der Waals surface area contributed by atoms with Gasteiger partial charge in [0.05, 0.1) is 12.0 Å². The van der Waals surface area contributed by atoms with Gasteiger partial charge in [0.25, 0.3) is 5.91 Å². The smallest absolute Gasteiger partial charge is 0.251 e. The normalized spacial score (nSPS) is 12.5. The second kappa shape index (κ2) is 11.8. The molecule has 0 aliphatic carbocycles. The summed E-state index contributed by atoms with van der Waals surface area (Å²) in [5.41, 5.74) is 0.989. The summed E-state index contributed by atoms with van der Waals surface area (Å²) in [6.07, 6.45) is 0. The Morgan fingerprint density at radius 2 is 1.70 bits per heavy atom. The molecule has 2 aromatic carbocycles. The molecule has 1 atom stereocenters. The van der Waals surface area contributed by atoms with Crippen molar-refractivity contribution in [2.75, 3.05) is 20.2 Å². The molecule has 0 aliphatic rings. The molecular formula is C24H33N3O5S. The molecule has 0 saturated carbocycles. The average Bonchev–Trinajstić information content (AvgIpc) is 2.81. The van der Waals surface area contributed by atoms with E-state index in [0.29, 0.717) is 18.8 Å². The van der Waals surface area contributed by atoms with Crippen LogP contribution in [0.4, 0.5) is 0 Å². The number of methoxy groups -OCH3 is 1. The Balaban J connectivity index is 2.16. The first-order valence-corrected chi connectivity index (χ1v) is 12.4. The van der Waals surface area contributed by atoms with Crippen LogP contribution in [-0.4, -0.2) is 50.8 Å². The van der Waals surface area contributed by atoms with Crippen molar-refractivity contribution in [3.63, 3.8) is 0 Å². The maximum Gasteiger partial charge on any atom is 0.251 e. The summed E-state index contributed by atoms with van der Waals surface area (Å²) >= 11 is 0. The zero-order valence-corrected chi connectivity index (χ0v) is 20.6. The molecule has 0 radical (unpaired) electrons. The average molecular weight is 476 g/mol. The topological polar surface area (TPSA) is 105 Å². The number of carbonyl (C=O) groups excluding carboxylic acids is 2. The largest absolute Gasteiger partial charge is 0.496 e. The fourth-order valence-corrected chi connectivity index (χ4v) is 4.92. The van der Waals surface area contributed by atoms with Crippen LogP contribution in [0, 0.1) is 5.92 Å². The van der Waals surface area contributed by atoms with Gasteiger partial charge >= 0.3 is 0 Å². The van der Waals surface area contributed by atoms with Gasteiger partial charge in [-0.25, -0.2) is 8.42 Å². The Morgan fingerprint density at radius 3 is 2.30 bits per heavy atom. The van der Waals surface area contributed by atoms with Crippen LogP contribution in [-0.2, 0) is 21.4 Å². The van der Waals surface area contributed by atoms with Crippen LogP contribution in [0.5, 0.6) is 5.75 Å². The van der Waals surface area contributed by atoms with Crippen LogP contribution in [0.2, 0.25) is 0 Å². The van der Waals surface area contributed by atoms with Crippen LogP contribution in [0.1, 0.15) is 43.6 Å². The number of rotatable bonds is 11. The monoisotopic (exact) mass is 475 g/mol. The summed E-state index contributed by atoms with van der Waals surface area (Å²) in [6.45, 7) is 8.08. The van der Waals surface area contributed by atoms with Gasteiger partial charge in [0.1, 0.15) is 11.8 Å². The van der Waals surface area contributed by atoms with Gasteiger partial charge in [0.15, 0.2) is 0 Å². The summed E-state index contributed by atoms with van der Waals surface area (Å²) in [7, 11) is -2.14. The van der Waals surface area contributed by atoms with Gasteiger partial charge in [-0.3, -0.25) is 9.59 Å².